The van der Waals surface area contributed by atoms with Gasteiger partial charge in [-0.2, -0.15) is 0 Å². The van der Waals surface area contributed by atoms with E-state index >= 15 is 0 Å². The van der Waals surface area contributed by atoms with E-state index in [2.05, 4.69) is 15.3 Å². The highest BCUT2D eigenvalue weighted by Crippen LogP contribution is 2.25. The maximum atomic E-state index is 11.5. The quantitative estimate of drug-likeness (QED) is 0.394. The summed E-state index contributed by atoms with van der Waals surface area (Å²) in [5.41, 5.74) is 9.56. The number of azide groups is 1. The predicted molar refractivity (Wildman–Crippen MR) is 83.5 cm³/mol. The van der Waals surface area contributed by atoms with Crippen LogP contribution < -0.4 is 5.32 Å². The summed E-state index contributed by atoms with van der Waals surface area (Å²) in [4.78, 5) is 14.1. The third-order valence-corrected chi connectivity index (χ3v) is 3.69. The summed E-state index contributed by atoms with van der Waals surface area (Å²) in [6, 6.07) is 8.40. The molecule has 1 aromatic carbocycles. The molecule has 1 fully saturated rings. The molecule has 0 aromatic heterocycles. The summed E-state index contributed by atoms with van der Waals surface area (Å²) >= 11 is 0. The van der Waals surface area contributed by atoms with Crippen molar-refractivity contribution in [1.29, 1.82) is 0 Å². The van der Waals surface area contributed by atoms with Crippen molar-refractivity contribution >= 4 is 5.91 Å². The van der Waals surface area contributed by atoms with Gasteiger partial charge in [-0.1, -0.05) is 35.4 Å². The minimum atomic E-state index is -1.19. The molecule has 0 radical (unpaired) electrons. The number of amides is 1. The molecule has 0 aliphatic carbocycles. The summed E-state index contributed by atoms with van der Waals surface area (Å²) in [6.45, 7) is 1.00. The van der Waals surface area contributed by atoms with E-state index in [4.69, 9.17) is 15.0 Å². The molecule has 3 N–H and O–H groups in total. The highest BCUT2D eigenvalue weighted by Gasteiger charge is 2.46. The fraction of sp³-hybridized carbons (Fsp3) is 0.533. The minimum Gasteiger partial charge on any atom is -0.394 e. The lowest BCUT2D eigenvalue weighted by Gasteiger charge is -2.43. The van der Waals surface area contributed by atoms with Gasteiger partial charge in [-0.3, -0.25) is 4.79 Å². The van der Waals surface area contributed by atoms with Crippen LogP contribution in [0.3, 0.4) is 0 Å². The van der Waals surface area contributed by atoms with Gasteiger partial charge in [0.2, 0.25) is 5.91 Å². The van der Waals surface area contributed by atoms with Crippen LogP contribution in [0, 0.1) is 0 Å². The fourth-order valence-corrected chi connectivity index (χ4v) is 2.59. The molecule has 0 saturated carbocycles. The van der Waals surface area contributed by atoms with Crippen LogP contribution in [0.1, 0.15) is 12.5 Å². The zero-order valence-corrected chi connectivity index (χ0v) is 13.1. The number of nitrogens with one attached hydrogen (secondary N) is 1. The Hall–Kier alpha value is -2.16. The van der Waals surface area contributed by atoms with E-state index in [-0.39, 0.29) is 12.5 Å². The molecule has 1 saturated heterocycles. The molecule has 9 heteroatoms. The lowest BCUT2D eigenvalue weighted by atomic mass is 9.95. The standard InChI is InChI=1S/C15H20N4O5/c1-9(21)17-12-14(23-8-10-5-3-2-4-6-10)13(22)11(7-20)24-15(12)18-19-16/h2-6,11-15,20,22H,7-8H2,1H3,(H,17,21)/t11-,12-,13-,14-,15-/m1/s1. The van der Waals surface area contributed by atoms with Crippen molar-refractivity contribution in [1.82, 2.24) is 5.32 Å². The number of hydrogen-bond acceptors (Lipinski definition) is 6. The first-order valence-corrected chi connectivity index (χ1v) is 7.48. The first kappa shape index (κ1) is 18.2. The summed E-state index contributed by atoms with van der Waals surface area (Å²) in [6.07, 6.45) is -4.18. The third-order valence-electron chi connectivity index (χ3n) is 3.69. The molecule has 24 heavy (non-hydrogen) atoms. The molecule has 1 aliphatic rings. The van der Waals surface area contributed by atoms with Gasteiger partial charge < -0.3 is 25.0 Å². The Morgan fingerprint density at radius 1 is 1.46 bits per heavy atom. The molecule has 1 aliphatic heterocycles. The molecule has 9 nitrogen and oxygen atoms in total. The van der Waals surface area contributed by atoms with Crippen LogP contribution >= 0.6 is 0 Å². The molecule has 5 atom stereocenters. The van der Waals surface area contributed by atoms with E-state index in [1.54, 1.807) is 0 Å². The van der Waals surface area contributed by atoms with Gasteiger partial charge in [0.15, 0.2) is 6.23 Å². The van der Waals surface area contributed by atoms with E-state index in [0.29, 0.717) is 0 Å². The van der Waals surface area contributed by atoms with E-state index in [9.17, 15) is 15.0 Å². The first-order chi connectivity index (χ1) is 11.6. The van der Waals surface area contributed by atoms with Crippen molar-refractivity contribution in [2.45, 2.75) is 44.1 Å². The Labute approximate surface area is 138 Å². The fourth-order valence-electron chi connectivity index (χ4n) is 2.59. The second-order valence-electron chi connectivity index (χ2n) is 5.43. The number of rotatable bonds is 6. The van der Waals surface area contributed by atoms with E-state index in [1.807, 2.05) is 30.3 Å². The number of aliphatic hydroxyl groups excluding tert-OH is 2. The number of ether oxygens (including phenoxy) is 2. The Kier molecular flexibility index (Phi) is 6.53. The minimum absolute atomic E-state index is 0.180. The van der Waals surface area contributed by atoms with Gasteiger partial charge in [0, 0.05) is 11.8 Å². The summed E-state index contributed by atoms with van der Waals surface area (Å²) < 4.78 is 11.1. The lowest BCUT2D eigenvalue weighted by Crippen LogP contribution is -2.64. The second-order valence-corrected chi connectivity index (χ2v) is 5.43. The van der Waals surface area contributed by atoms with E-state index < -0.39 is 37.2 Å². The molecular formula is C15H20N4O5. The van der Waals surface area contributed by atoms with Gasteiger partial charge in [-0.05, 0) is 11.1 Å². The molecule has 1 amide bonds. The zero-order valence-electron chi connectivity index (χ0n) is 13.1. The Morgan fingerprint density at radius 3 is 2.75 bits per heavy atom. The number of carbonyl (C=O) groups excluding carboxylic acids is 1. The molecule has 0 spiro atoms. The average molecular weight is 336 g/mol. The SMILES string of the molecule is CC(=O)N[C@@H]1[C@@H](OCc2ccccc2)[C@H](O)[C@@H](CO)O[C@H]1N=[N+]=[N-]. The number of benzene rings is 1. The van der Waals surface area contributed by atoms with Crippen LogP contribution in [-0.4, -0.2) is 53.3 Å². The van der Waals surface area contributed by atoms with Crippen molar-refractivity contribution < 1.29 is 24.5 Å². The number of nitrogens with zero attached hydrogens (tertiary/aromatic N) is 3. The van der Waals surface area contributed by atoms with Crippen LogP contribution in [0.2, 0.25) is 0 Å². The average Bonchev–Trinajstić information content (AvgIpc) is 2.57. The van der Waals surface area contributed by atoms with Crippen molar-refractivity contribution in [2.75, 3.05) is 6.61 Å². The Balaban J connectivity index is 2.21. The van der Waals surface area contributed by atoms with Gasteiger partial charge in [0.05, 0.1) is 19.3 Å². The van der Waals surface area contributed by atoms with Crippen LogP contribution in [0.4, 0.5) is 0 Å². The number of carbonyl (C=O) groups is 1. The van der Waals surface area contributed by atoms with Crippen LogP contribution in [0.25, 0.3) is 10.4 Å². The van der Waals surface area contributed by atoms with Gasteiger partial charge in [-0.25, -0.2) is 0 Å². The maximum absolute atomic E-state index is 11.5. The first-order valence-electron chi connectivity index (χ1n) is 7.48. The molecule has 130 valence electrons. The van der Waals surface area contributed by atoms with E-state index in [0.717, 1.165) is 5.56 Å². The third kappa shape index (κ3) is 4.44. The predicted octanol–water partition coefficient (Wildman–Crippen LogP) is 0.465. The van der Waals surface area contributed by atoms with Crippen molar-refractivity contribution in [2.24, 2.45) is 5.11 Å². The Bertz CT molecular complexity index is 593. The molecule has 0 bridgehead atoms. The molecule has 1 aromatic rings. The summed E-state index contributed by atoms with van der Waals surface area (Å²) in [7, 11) is 0. The van der Waals surface area contributed by atoms with Crippen molar-refractivity contribution in [3.63, 3.8) is 0 Å². The zero-order chi connectivity index (χ0) is 17.5. The Morgan fingerprint density at radius 2 is 2.17 bits per heavy atom. The van der Waals surface area contributed by atoms with Gasteiger partial charge in [0.1, 0.15) is 18.3 Å². The van der Waals surface area contributed by atoms with Gasteiger partial charge in [-0.15, -0.1) is 0 Å². The summed E-state index contributed by atoms with van der Waals surface area (Å²) in [5.74, 6) is -0.385. The van der Waals surface area contributed by atoms with Gasteiger partial charge in [0.25, 0.3) is 0 Å². The molecular weight excluding hydrogens is 316 g/mol. The van der Waals surface area contributed by atoms with E-state index in [1.165, 1.54) is 6.92 Å². The van der Waals surface area contributed by atoms with Crippen molar-refractivity contribution in [3.8, 4) is 0 Å². The van der Waals surface area contributed by atoms with Crippen LogP contribution in [-0.2, 0) is 20.9 Å². The second kappa shape index (κ2) is 8.62. The van der Waals surface area contributed by atoms with Crippen LogP contribution in [0.15, 0.2) is 35.4 Å². The summed E-state index contributed by atoms with van der Waals surface area (Å²) in [5, 5.41) is 25.8. The molecule has 1 heterocycles. The number of aliphatic hydroxyl groups is 2. The largest absolute Gasteiger partial charge is 0.394 e. The normalized spacial score (nSPS) is 29.5. The van der Waals surface area contributed by atoms with Gasteiger partial charge >= 0.3 is 0 Å². The molecule has 0 unspecified atom stereocenters. The van der Waals surface area contributed by atoms with Crippen LogP contribution in [0.5, 0.6) is 0 Å². The highest BCUT2D eigenvalue weighted by molar-refractivity contribution is 5.73. The number of hydrogen-bond donors (Lipinski definition) is 3. The van der Waals surface area contributed by atoms with Crippen molar-refractivity contribution in [3.05, 3.63) is 46.3 Å². The molecule has 2 rings (SSSR count). The maximum Gasteiger partial charge on any atom is 0.217 e. The lowest BCUT2D eigenvalue weighted by molar-refractivity contribution is -0.209. The highest BCUT2D eigenvalue weighted by atomic mass is 16.6. The monoisotopic (exact) mass is 336 g/mol. The topological polar surface area (TPSA) is 137 Å². The smallest absolute Gasteiger partial charge is 0.217 e.